The predicted molar refractivity (Wildman–Crippen MR) is 30.3 cm³/mol. The van der Waals surface area contributed by atoms with Crippen molar-refractivity contribution in [1.82, 2.24) is 0 Å². The molecule has 0 aromatic heterocycles. The lowest BCUT2D eigenvalue weighted by Gasteiger charge is -2.27. The van der Waals surface area contributed by atoms with E-state index in [0.717, 1.165) is 6.42 Å². The van der Waals surface area contributed by atoms with E-state index in [2.05, 4.69) is 6.92 Å². The first-order chi connectivity index (χ1) is 3.78. The van der Waals surface area contributed by atoms with Crippen molar-refractivity contribution in [1.29, 1.82) is 0 Å². The molecule has 0 radical (unpaired) electrons. The monoisotopic (exact) mass is 114 g/mol. The molecule has 0 bridgehead atoms. The average molecular weight is 114 g/mol. The highest BCUT2D eigenvalue weighted by Gasteiger charge is 2.66. The van der Waals surface area contributed by atoms with E-state index in [1.807, 2.05) is 0 Å². The minimum Gasteiger partial charge on any atom is -0.247 e. The summed E-state index contributed by atoms with van der Waals surface area (Å²) in [4.78, 5) is 0. The molecule has 0 aliphatic heterocycles. The van der Waals surface area contributed by atoms with Gasteiger partial charge in [0.25, 0.3) is 0 Å². The molecule has 2 rings (SSSR count). The van der Waals surface area contributed by atoms with Crippen LogP contribution in [-0.2, 0) is 0 Å². The predicted octanol–water partition coefficient (Wildman–Crippen LogP) is 2.14. The first-order valence-corrected chi connectivity index (χ1v) is 3.42. The van der Waals surface area contributed by atoms with Crippen molar-refractivity contribution in [3.05, 3.63) is 0 Å². The standard InChI is InChI=1S/C7H11F/c1-2-7-3-5(7)6(8)4-7/h5-6H,2-4H2,1H3. The smallest absolute Gasteiger partial charge is 0.104 e. The van der Waals surface area contributed by atoms with Gasteiger partial charge in [-0.05, 0) is 30.6 Å². The minimum atomic E-state index is -0.421. The SMILES string of the molecule is CCC12CC(F)C1C2. The fourth-order valence-corrected chi connectivity index (χ4v) is 2.05. The zero-order chi connectivity index (χ0) is 5.78. The van der Waals surface area contributed by atoms with E-state index in [1.54, 1.807) is 0 Å². The van der Waals surface area contributed by atoms with Crippen molar-refractivity contribution in [2.75, 3.05) is 0 Å². The van der Waals surface area contributed by atoms with Gasteiger partial charge >= 0.3 is 0 Å². The van der Waals surface area contributed by atoms with Crippen LogP contribution in [0, 0.1) is 11.3 Å². The van der Waals surface area contributed by atoms with Crippen molar-refractivity contribution in [3.8, 4) is 0 Å². The van der Waals surface area contributed by atoms with E-state index < -0.39 is 6.17 Å². The van der Waals surface area contributed by atoms with E-state index in [1.165, 1.54) is 12.8 Å². The maximum Gasteiger partial charge on any atom is 0.104 e. The second-order valence-corrected chi connectivity index (χ2v) is 3.25. The first kappa shape index (κ1) is 4.78. The van der Waals surface area contributed by atoms with E-state index in [-0.39, 0.29) is 0 Å². The van der Waals surface area contributed by atoms with Gasteiger partial charge in [-0.2, -0.15) is 0 Å². The molecule has 0 aromatic carbocycles. The summed E-state index contributed by atoms with van der Waals surface area (Å²) in [6.45, 7) is 2.17. The summed E-state index contributed by atoms with van der Waals surface area (Å²) < 4.78 is 12.4. The van der Waals surface area contributed by atoms with Crippen LogP contribution in [0.3, 0.4) is 0 Å². The fourth-order valence-electron chi connectivity index (χ4n) is 2.05. The lowest BCUT2D eigenvalue weighted by atomic mass is 9.81. The normalized spacial score (nSPS) is 59.2. The van der Waals surface area contributed by atoms with Gasteiger partial charge in [0, 0.05) is 0 Å². The van der Waals surface area contributed by atoms with Crippen molar-refractivity contribution < 1.29 is 4.39 Å². The van der Waals surface area contributed by atoms with Crippen LogP contribution in [-0.4, -0.2) is 6.17 Å². The zero-order valence-electron chi connectivity index (χ0n) is 5.15. The Hall–Kier alpha value is -0.0700. The molecule has 2 fully saturated rings. The molecule has 0 nitrogen and oxygen atoms in total. The Balaban J connectivity index is 2.02. The number of rotatable bonds is 1. The van der Waals surface area contributed by atoms with Crippen LogP contribution < -0.4 is 0 Å². The van der Waals surface area contributed by atoms with Gasteiger partial charge in [-0.25, -0.2) is 4.39 Å². The summed E-state index contributed by atoms with van der Waals surface area (Å²) in [6.07, 6.45) is 2.84. The number of hydrogen-bond donors (Lipinski definition) is 0. The Morgan fingerprint density at radius 3 is 2.50 bits per heavy atom. The van der Waals surface area contributed by atoms with Crippen LogP contribution in [0.2, 0.25) is 0 Å². The minimum absolute atomic E-state index is 0.421. The highest BCUT2D eigenvalue weighted by molar-refractivity contribution is 5.15. The van der Waals surface area contributed by atoms with Gasteiger partial charge < -0.3 is 0 Å². The third kappa shape index (κ3) is 0.329. The van der Waals surface area contributed by atoms with Crippen LogP contribution >= 0.6 is 0 Å². The lowest BCUT2D eigenvalue weighted by Crippen LogP contribution is -2.26. The second kappa shape index (κ2) is 1.09. The van der Waals surface area contributed by atoms with Gasteiger partial charge in [0.2, 0.25) is 0 Å². The van der Waals surface area contributed by atoms with Crippen LogP contribution in [0.1, 0.15) is 26.2 Å². The summed E-state index contributed by atoms with van der Waals surface area (Å²) in [5, 5.41) is 0. The quantitative estimate of drug-likeness (QED) is 0.490. The average Bonchev–Trinajstić information content (AvgIpc) is 2.36. The maximum absolute atomic E-state index is 12.4. The molecular weight excluding hydrogens is 103 g/mol. The molecule has 0 heterocycles. The first-order valence-electron chi connectivity index (χ1n) is 3.42. The molecule has 2 aliphatic carbocycles. The van der Waals surface area contributed by atoms with Crippen molar-refractivity contribution in [3.63, 3.8) is 0 Å². The molecule has 0 saturated heterocycles. The Morgan fingerprint density at radius 1 is 1.62 bits per heavy atom. The van der Waals surface area contributed by atoms with Crippen LogP contribution in [0.5, 0.6) is 0 Å². The van der Waals surface area contributed by atoms with E-state index >= 15 is 0 Å². The van der Waals surface area contributed by atoms with Crippen LogP contribution in [0.25, 0.3) is 0 Å². The fraction of sp³-hybridized carbons (Fsp3) is 1.00. The number of alkyl halides is 1. The summed E-state index contributed by atoms with van der Waals surface area (Å²) in [5.41, 5.74) is 0.527. The molecular formula is C7H11F. The summed E-state index contributed by atoms with van der Waals surface area (Å²) in [7, 11) is 0. The van der Waals surface area contributed by atoms with Crippen molar-refractivity contribution in [2.24, 2.45) is 11.3 Å². The van der Waals surface area contributed by atoms with Crippen molar-refractivity contribution >= 4 is 0 Å². The van der Waals surface area contributed by atoms with Gasteiger partial charge in [0.05, 0.1) is 0 Å². The Labute approximate surface area is 49.1 Å². The molecule has 1 heteroatoms. The Morgan fingerprint density at radius 2 is 2.38 bits per heavy atom. The molecule has 8 heavy (non-hydrogen) atoms. The number of halogens is 1. The molecule has 0 amide bonds. The van der Waals surface area contributed by atoms with Gasteiger partial charge in [-0.1, -0.05) is 6.92 Å². The molecule has 3 unspecified atom stereocenters. The molecule has 46 valence electrons. The van der Waals surface area contributed by atoms with E-state index in [9.17, 15) is 4.39 Å². The number of fused-ring (bicyclic) bond motifs is 1. The third-order valence-electron chi connectivity index (χ3n) is 3.00. The third-order valence-corrected chi connectivity index (χ3v) is 3.00. The van der Waals surface area contributed by atoms with Gasteiger partial charge in [-0.15, -0.1) is 0 Å². The molecule has 0 N–H and O–H groups in total. The summed E-state index contributed by atoms with van der Waals surface area (Å²) in [5.74, 6) is 0.493. The topological polar surface area (TPSA) is 0 Å². The molecule has 2 saturated carbocycles. The maximum atomic E-state index is 12.4. The van der Waals surface area contributed by atoms with Gasteiger partial charge in [0.1, 0.15) is 6.17 Å². The van der Waals surface area contributed by atoms with Crippen molar-refractivity contribution in [2.45, 2.75) is 32.4 Å². The van der Waals surface area contributed by atoms with E-state index in [0.29, 0.717) is 11.3 Å². The van der Waals surface area contributed by atoms with Crippen LogP contribution in [0.15, 0.2) is 0 Å². The Bertz CT molecular complexity index is 122. The lowest BCUT2D eigenvalue weighted by molar-refractivity contribution is 0.117. The largest absolute Gasteiger partial charge is 0.247 e. The van der Waals surface area contributed by atoms with Gasteiger partial charge in [-0.3, -0.25) is 0 Å². The highest BCUT2D eigenvalue weighted by atomic mass is 19.1. The molecule has 3 atom stereocenters. The second-order valence-electron chi connectivity index (χ2n) is 3.25. The zero-order valence-corrected chi connectivity index (χ0v) is 5.15. The molecule has 0 aromatic rings. The van der Waals surface area contributed by atoms with Crippen LogP contribution in [0.4, 0.5) is 4.39 Å². The Kier molecular flexibility index (Phi) is 0.653. The van der Waals surface area contributed by atoms with E-state index in [4.69, 9.17) is 0 Å². The van der Waals surface area contributed by atoms with Gasteiger partial charge in [0.15, 0.2) is 0 Å². The molecule has 0 spiro atoms. The summed E-state index contributed by atoms with van der Waals surface area (Å²) >= 11 is 0. The summed E-state index contributed by atoms with van der Waals surface area (Å²) in [6, 6.07) is 0. The number of hydrogen-bond acceptors (Lipinski definition) is 0. The molecule has 2 aliphatic rings. The highest BCUT2D eigenvalue weighted by Crippen LogP contribution is 2.70.